The van der Waals surface area contributed by atoms with Gasteiger partial charge in [0.2, 0.25) is 5.91 Å². The number of carbonyl (C=O) groups is 1. The number of piperidine rings is 1. The number of amides is 1. The molecule has 0 unspecified atom stereocenters. The van der Waals surface area contributed by atoms with Crippen LogP contribution >= 0.6 is 0 Å². The number of likely N-dealkylation sites (tertiary alicyclic amines) is 1. The normalized spacial score (nSPS) is 21.6. The Morgan fingerprint density at radius 2 is 1.85 bits per heavy atom. The topological polar surface area (TPSA) is 36.0 Å². The van der Waals surface area contributed by atoms with Gasteiger partial charge in [-0.15, -0.1) is 0 Å². The van der Waals surface area contributed by atoms with Gasteiger partial charge in [0.1, 0.15) is 0 Å². The summed E-state index contributed by atoms with van der Waals surface area (Å²) in [4.78, 5) is 19.6. The number of carbonyl (C=O) groups excluding carboxylic acids is 1. The van der Waals surface area contributed by atoms with Crippen LogP contribution in [-0.2, 0) is 16.1 Å². The van der Waals surface area contributed by atoms with Crippen molar-refractivity contribution in [1.82, 2.24) is 14.7 Å². The van der Waals surface area contributed by atoms with Crippen LogP contribution in [0.3, 0.4) is 0 Å². The molecule has 0 saturated carbocycles. The highest BCUT2D eigenvalue weighted by molar-refractivity contribution is 5.76. The lowest BCUT2D eigenvalue weighted by Crippen LogP contribution is -2.40. The fourth-order valence-corrected chi connectivity index (χ4v) is 4.21. The van der Waals surface area contributed by atoms with Crippen LogP contribution in [0.5, 0.6) is 0 Å². The van der Waals surface area contributed by atoms with Crippen molar-refractivity contribution in [3.63, 3.8) is 0 Å². The van der Waals surface area contributed by atoms with Crippen molar-refractivity contribution in [2.45, 2.75) is 44.7 Å². The molecule has 27 heavy (non-hydrogen) atoms. The molecule has 2 saturated heterocycles. The summed E-state index contributed by atoms with van der Waals surface area (Å²) in [6.07, 6.45) is 5.03. The molecule has 2 aliphatic rings. The molecule has 2 aliphatic heterocycles. The summed E-state index contributed by atoms with van der Waals surface area (Å²) in [5.41, 5.74) is 2.61. The monoisotopic (exact) mass is 373 g/mol. The average molecular weight is 374 g/mol. The van der Waals surface area contributed by atoms with Crippen LogP contribution in [-0.4, -0.2) is 74.1 Å². The molecule has 0 radical (unpaired) electrons. The van der Waals surface area contributed by atoms with E-state index in [1.165, 1.54) is 17.5 Å². The zero-order valence-electron chi connectivity index (χ0n) is 17.0. The van der Waals surface area contributed by atoms with Gasteiger partial charge in [-0.25, -0.2) is 0 Å². The molecule has 0 N–H and O–H groups in total. The lowest BCUT2D eigenvalue weighted by atomic mass is 9.94. The summed E-state index contributed by atoms with van der Waals surface area (Å²) in [7, 11) is 4.18. The van der Waals surface area contributed by atoms with Gasteiger partial charge in [-0.1, -0.05) is 24.3 Å². The Hall–Kier alpha value is -1.43. The second-order valence-corrected chi connectivity index (χ2v) is 8.14. The molecule has 2 fully saturated rings. The molecule has 1 atom stereocenters. The van der Waals surface area contributed by atoms with Crippen molar-refractivity contribution in [3.05, 3.63) is 35.4 Å². The molecule has 0 aliphatic carbocycles. The number of hydrogen-bond acceptors (Lipinski definition) is 4. The van der Waals surface area contributed by atoms with Crippen LogP contribution in [0.1, 0.15) is 49.3 Å². The third-order valence-corrected chi connectivity index (χ3v) is 5.66. The maximum absolute atomic E-state index is 12.9. The van der Waals surface area contributed by atoms with E-state index in [-0.39, 0.29) is 6.04 Å². The zero-order chi connectivity index (χ0) is 19.1. The van der Waals surface area contributed by atoms with E-state index in [0.29, 0.717) is 12.3 Å². The molecule has 0 bridgehead atoms. The van der Waals surface area contributed by atoms with E-state index in [4.69, 9.17) is 4.74 Å². The van der Waals surface area contributed by atoms with Crippen molar-refractivity contribution < 1.29 is 9.53 Å². The second-order valence-electron chi connectivity index (χ2n) is 8.14. The molecular formula is C22H35N3O2. The lowest BCUT2D eigenvalue weighted by molar-refractivity contribution is -0.135. The van der Waals surface area contributed by atoms with Gasteiger partial charge in [-0.3, -0.25) is 9.69 Å². The van der Waals surface area contributed by atoms with Gasteiger partial charge in [-0.2, -0.15) is 0 Å². The summed E-state index contributed by atoms with van der Waals surface area (Å²) in [6.45, 7) is 6.51. The Labute approximate surface area is 164 Å². The van der Waals surface area contributed by atoms with Crippen LogP contribution in [0.4, 0.5) is 0 Å². The number of nitrogens with zero attached hydrogens (tertiary/aromatic N) is 3. The van der Waals surface area contributed by atoms with E-state index in [1.54, 1.807) is 0 Å². The van der Waals surface area contributed by atoms with Gasteiger partial charge < -0.3 is 14.5 Å². The molecule has 3 rings (SSSR count). The predicted molar refractivity (Wildman–Crippen MR) is 109 cm³/mol. The standard InChI is InChI=1S/C22H35N3O2/c1-23(2)18-19-8-10-20(11-9-19)21-6-3-4-13-25(21)22(26)7-5-12-24-14-16-27-17-15-24/h8-11,21H,3-7,12-18H2,1-2H3/t21-/m0/s1. The smallest absolute Gasteiger partial charge is 0.223 e. The van der Waals surface area contributed by atoms with Crippen molar-refractivity contribution >= 4 is 5.91 Å². The number of ether oxygens (including phenoxy) is 1. The van der Waals surface area contributed by atoms with Crippen LogP contribution in [0.25, 0.3) is 0 Å². The van der Waals surface area contributed by atoms with Gasteiger partial charge in [0.25, 0.3) is 0 Å². The van der Waals surface area contributed by atoms with Gasteiger partial charge in [0, 0.05) is 32.6 Å². The van der Waals surface area contributed by atoms with Crippen LogP contribution < -0.4 is 0 Å². The number of hydrogen-bond donors (Lipinski definition) is 0. The van der Waals surface area contributed by atoms with Crippen molar-refractivity contribution in [2.75, 3.05) is 53.5 Å². The molecule has 0 aromatic heterocycles. The summed E-state index contributed by atoms with van der Waals surface area (Å²) in [5, 5.41) is 0. The number of rotatable bonds is 7. The molecule has 1 aromatic rings. The second kappa shape index (κ2) is 10.2. The minimum absolute atomic E-state index is 0.253. The van der Waals surface area contributed by atoms with E-state index < -0.39 is 0 Å². The SMILES string of the molecule is CN(C)Cc1ccc([C@@H]2CCCCN2C(=O)CCCN2CCOCC2)cc1. The quantitative estimate of drug-likeness (QED) is 0.736. The summed E-state index contributed by atoms with van der Waals surface area (Å²) >= 11 is 0. The summed E-state index contributed by atoms with van der Waals surface area (Å²) in [5.74, 6) is 0.324. The van der Waals surface area contributed by atoms with E-state index in [1.807, 2.05) is 0 Å². The maximum Gasteiger partial charge on any atom is 0.223 e. The molecular weight excluding hydrogens is 338 g/mol. The summed E-state index contributed by atoms with van der Waals surface area (Å²) in [6, 6.07) is 9.13. The number of benzene rings is 1. The minimum Gasteiger partial charge on any atom is -0.379 e. The van der Waals surface area contributed by atoms with Crippen LogP contribution in [0, 0.1) is 0 Å². The maximum atomic E-state index is 12.9. The van der Waals surface area contributed by atoms with E-state index in [0.717, 1.165) is 65.2 Å². The molecule has 2 heterocycles. The molecule has 5 nitrogen and oxygen atoms in total. The molecule has 0 spiro atoms. The van der Waals surface area contributed by atoms with Crippen molar-refractivity contribution in [3.8, 4) is 0 Å². The van der Waals surface area contributed by atoms with Crippen LogP contribution in [0.2, 0.25) is 0 Å². The average Bonchev–Trinajstić information content (AvgIpc) is 2.69. The Balaban J connectivity index is 1.54. The molecule has 5 heteroatoms. The highest BCUT2D eigenvalue weighted by atomic mass is 16.5. The van der Waals surface area contributed by atoms with Gasteiger partial charge in [0.05, 0.1) is 19.3 Å². The van der Waals surface area contributed by atoms with E-state index in [9.17, 15) is 4.79 Å². The highest BCUT2D eigenvalue weighted by Gasteiger charge is 2.27. The molecule has 150 valence electrons. The van der Waals surface area contributed by atoms with Crippen molar-refractivity contribution in [1.29, 1.82) is 0 Å². The molecule has 1 amide bonds. The predicted octanol–water partition coefficient (Wildman–Crippen LogP) is 2.91. The lowest BCUT2D eigenvalue weighted by Gasteiger charge is -2.36. The third-order valence-electron chi connectivity index (χ3n) is 5.66. The fourth-order valence-electron chi connectivity index (χ4n) is 4.21. The van der Waals surface area contributed by atoms with Gasteiger partial charge in [-0.05, 0) is 57.5 Å². The first-order valence-corrected chi connectivity index (χ1v) is 10.5. The Bertz CT molecular complexity index is 582. The first kappa shape index (κ1) is 20.3. The van der Waals surface area contributed by atoms with E-state index in [2.05, 4.69) is 53.1 Å². The fraction of sp³-hybridized carbons (Fsp3) is 0.682. The minimum atomic E-state index is 0.253. The summed E-state index contributed by atoms with van der Waals surface area (Å²) < 4.78 is 5.40. The zero-order valence-corrected chi connectivity index (χ0v) is 17.0. The molecule has 1 aromatic carbocycles. The first-order valence-electron chi connectivity index (χ1n) is 10.5. The Morgan fingerprint density at radius 3 is 2.56 bits per heavy atom. The first-order chi connectivity index (χ1) is 13.1. The largest absolute Gasteiger partial charge is 0.379 e. The van der Waals surface area contributed by atoms with E-state index >= 15 is 0 Å². The number of morpholine rings is 1. The third kappa shape index (κ3) is 6.03. The Morgan fingerprint density at radius 1 is 1.11 bits per heavy atom. The Kier molecular flexibility index (Phi) is 7.68. The van der Waals surface area contributed by atoms with Crippen LogP contribution in [0.15, 0.2) is 24.3 Å². The van der Waals surface area contributed by atoms with Gasteiger partial charge in [0.15, 0.2) is 0 Å². The van der Waals surface area contributed by atoms with Gasteiger partial charge >= 0.3 is 0 Å². The van der Waals surface area contributed by atoms with Crippen molar-refractivity contribution in [2.24, 2.45) is 0 Å². The highest BCUT2D eigenvalue weighted by Crippen LogP contribution is 2.31.